The molecule has 8 nitrogen and oxygen atoms in total. The summed E-state index contributed by atoms with van der Waals surface area (Å²) in [5, 5.41) is 39.4. The number of carbonyl (C=O) groups is 1. The predicted molar refractivity (Wildman–Crippen MR) is 56.9 cm³/mol. The molecule has 0 aromatic heterocycles. The van der Waals surface area contributed by atoms with E-state index in [1.165, 1.54) is 6.92 Å². The average molecular weight is 260 g/mol. The van der Waals surface area contributed by atoms with E-state index in [4.69, 9.17) is 19.8 Å². The van der Waals surface area contributed by atoms with Gasteiger partial charge in [-0.05, 0) is 0 Å². The largest absolute Gasteiger partial charge is 0.394 e. The van der Waals surface area contributed by atoms with Crippen molar-refractivity contribution in [3.8, 4) is 6.07 Å². The molecule has 1 aliphatic rings. The fourth-order valence-corrected chi connectivity index (χ4v) is 1.81. The lowest BCUT2D eigenvalue weighted by molar-refractivity contribution is -0.260. The molecule has 1 heterocycles. The maximum atomic E-state index is 11.0. The van der Waals surface area contributed by atoms with Crippen molar-refractivity contribution in [3.05, 3.63) is 0 Å². The minimum atomic E-state index is -1.43. The van der Waals surface area contributed by atoms with Crippen molar-refractivity contribution < 1.29 is 29.6 Å². The molecular formula is C10H16N2O6. The number of amides is 1. The molecule has 1 aliphatic heterocycles. The summed E-state index contributed by atoms with van der Waals surface area (Å²) < 4.78 is 10.0. The Hall–Kier alpha value is -1.24. The fourth-order valence-electron chi connectivity index (χ4n) is 1.81. The molecule has 1 fully saturated rings. The van der Waals surface area contributed by atoms with Gasteiger partial charge in [0.2, 0.25) is 5.91 Å². The highest BCUT2D eigenvalue weighted by molar-refractivity contribution is 5.73. The number of carbonyl (C=O) groups excluding carboxylic acids is 1. The molecule has 1 rings (SSSR count). The molecule has 102 valence electrons. The SMILES string of the molecule is CC(=O)N[C@H]1[C@H](OCC#N)[C@H](O)[C@H](CO)O[C@H]1O. The fraction of sp³-hybridized carbons (Fsp3) is 0.800. The molecule has 1 saturated heterocycles. The molecule has 0 spiro atoms. The van der Waals surface area contributed by atoms with Gasteiger partial charge in [0, 0.05) is 6.92 Å². The summed E-state index contributed by atoms with van der Waals surface area (Å²) in [5.41, 5.74) is 0. The number of hydrogen-bond acceptors (Lipinski definition) is 7. The van der Waals surface area contributed by atoms with Gasteiger partial charge in [0.25, 0.3) is 0 Å². The van der Waals surface area contributed by atoms with Crippen LogP contribution in [0.5, 0.6) is 0 Å². The van der Waals surface area contributed by atoms with E-state index in [1.807, 2.05) is 0 Å². The minimum Gasteiger partial charge on any atom is -0.394 e. The first-order chi connectivity index (χ1) is 8.51. The van der Waals surface area contributed by atoms with Gasteiger partial charge in [0.15, 0.2) is 6.29 Å². The number of aliphatic hydroxyl groups excluding tert-OH is 3. The molecular weight excluding hydrogens is 244 g/mol. The van der Waals surface area contributed by atoms with Crippen LogP contribution in [0.15, 0.2) is 0 Å². The first-order valence-corrected chi connectivity index (χ1v) is 5.39. The Bertz CT molecular complexity index is 331. The normalized spacial score (nSPS) is 35.8. The molecule has 0 aromatic rings. The topological polar surface area (TPSA) is 132 Å². The predicted octanol–water partition coefficient (Wildman–Crippen LogP) is -2.53. The monoisotopic (exact) mass is 260 g/mol. The van der Waals surface area contributed by atoms with E-state index in [0.29, 0.717) is 0 Å². The second kappa shape index (κ2) is 6.63. The van der Waals surface area contributed by atoms with Crippen LogP contribution in [0.2, 0.25) is 0 Å². The third-order valence-corrected chi connectivity index (χ3v) is 2.58. The molecule has 0 unspecified atom stereocenters. The smallest absolute Gasteiger partial charge is 0.217 e. The molecule has 18 heavy (non-hydrogen) atoms. The van der Waals surface area contributed by atoms with E-state index in [9.17, 15) is 15.0 Å². The third-order valence-electron chi connectivity index (χ3n) is 2.58. The highest BCUT2D eigenvalue weighted by Crippen LogP contribution is 2.22. The number of nitriles is 1. The summed E-state index contributed by atoms with van der Waals surface area (Å²) in [4.78, 5) is 11.0. The number of nitrogens with zero attached hydrogens (tertiary/aromatic N) is 1. The Morgan fingerprint density at radius 1 is 1.56 bits per heavy atom. The number of hydrogen-bond donors (Lipinski definition) is 4. The standard InChI is InChI=1S/C10H16N2O6/c1-5(14)12-7-9(17-3-2-11)8(15)6(4-13)18-10(7)16/h6-10,13,15-16H,3-4H2,1H3,(H,12,14)/t6-,7-,8+,9-,10+/m0/s1. The quantitative estimate of drug-likeness (QED) is 0.438. The van der Waals surface area contributed by atoms with Crippen LogP contribution in [0.3, 0.4) is 0 Å². The number of nitrogens with one attached hydrogen (secondary N) is 1. The Kier molecular flexibility index (Phi) is 5.46. The van der Waals surface area contributed by atoms with Crippen molar-refractivity contribution in [2.45, 2.75) is 37.6 Å². The molecule has 4 N–H and O–H groups in total. The zero-order valence-corrected chi connectivity index (χ0v) is 9.81. The minimum absolute atomic E-state index is 0.317. The highest BCUT2D eigenvalue weighted by atomic mass is 16.6. The Labute approximate surface area is 104 Å². The average Bonchev–Trinajstić information content (AvgIpc) is 2.32. The highest BCUT2D eigenvalue weighted by Gasteiger charge is 2.45. The van der Waals surface area contributed by atoms with Gasteiger partial charge in [-0.25, -0.2) is 0 Å². The summed E-state index contributed by atoms with van der Waals surface area (Å²) >= 11 is 0. The van der Waals surface area contributed by atoms with E-state index >= 15 is 0 Å². The van der Waals surface area contributed by atoms with Gasteiger partial charge in [-0.15, -0.1) is 0 Å². The van der Waals surface area contributed by atoms with Crippen LogP contribution in [0.1, 0.15) is 6.92 Å². The molecule has 8 heteroatoms. The van der Waals surface area contributed by atoms with Crippen molar-refractivity contribution >= 4 is 5.91 Å². The van der Waals surface area contributed by atoms with Crippen molar-refractivity contribution in [2.24, 2.45) is 0 Å². The van der Waals surface area contributed by atoms with Gasteiger partial charge in [-0.3, -0.25) is 4.79 Å². The Morgan fingerprint density at radius 3 is 2.72 bits per heavy atom. The van der Waals surface area contributed by atoms with Crippen molar-refractivity contribution in [3.63, 3.8) is 0 Å². The molecule has 5 atom stereocenters. The first-order valence-electron chi connectivity index (χ1n) is 5.39. The van der Waals surface area contributed by atoms with Crippen LogP contribution in [-0.4, -0.2) is 65.1 Å². The van der Waals surface area contributed by atoms with E-state index in [0.717, 1.165) is 0 Å². The van der Waals surface area contributed by atoms with Crippen LogP contribution in [0, 0.1) is 11.3 Å². The van der Waals surface area contributed by atoms with Crippen LogP contribution >= 0.6 is 0 Å². The van der Waals surface area contributed by atoms with E-state index in [1.54, 1.807) is 6.07 Å². The van der Waals surface area contributed by atoms with Crippen molar-refractivity contribution in [1.29, 1.82) is 5.26 Å². The zero-order chi connectivity index (χ0) is 13.7. The van der Waals surface area contributed by atoms with Crippen LogP contribution in [-0.2, 0) is 14.3 Å². The summed E-state index contributed by atoms with van der Waals surface area (Å²) in [6.07, 6.45) is -4.76. The molecule has 1 amide bonds. The third kappa shape index (κ3) is 3.38. The molecule has 0 aliphatic carbocycles. The lowest BCUT2D eigenvalue weighted by Crippen LogP contribution is -2.64. The van der Waals surface area contributed by atoms with Gasteiger partial charge in [0.1, 0.15) is 31.0 Å². The van der Waals surface area contributed by atoms with Gasteiger partial charge in [-0.2, -0.15) is 5.26 Å². The van der Waals surface area contributed by atoms with Crippen molar-refractivity contribution in [2.75, 3.05) is 13.2 Å². The molecule has 0 bridgehead atoms. The lowest BCUT2D eigenvalue weighted by atomic mass is 9.96. The number of rotatable bonds is 4. The van der Waals surface area contributed by atoms with E-state index in [-0.39, 0.29) is 6.61 Å². The molecule has 0 aromatic carbocycles. The second-order valence-corrected chi connectivity index (χ2v) is 3.90. The lowest BCUT2D eigenvalue weighted by Gasteiger charge is -2.42. The first kappa shape index (κ1) is 14.8. The van der Waals surface area contributed by atoms with Gasteiger partial charge in [0.05, 0.1) is 12.7 Å². The summed E-state index contributed by atoms with van der Waals surface area (Å²) in [6, 6.07) is 0.720. The van der Waals surface area contributed by atoms with E-state index < -0.39 is 43.2 Å². The van der Waals surface area contributed by atoms with Gasteiger partial charge < -0.3 is 30.1 Å². The second-order valence-electron chi connectivity index (χ2n) is 3.90. The number of ether oxygens (including phenoxy) is 2. The maximum Gasteiger partial charge on any atom is 0.217 e. The summed E-state index contributed by atoms with van der Waals surface area (Å²) in [6.45, 7) is 0.401. The van der Waals surface area contributed by atoms with E-state index in [2.05, 4.69) is 5.32 Å². The van der Waals surface area contributed by atoms with Crippen LogP contribution in [0.4, 0.5) is 0 Å². The Balaban J connectivity index is 2.83. The zero-order valence-electron chi connectivity index (χ0n) is 9.81. The Morgan fingerprint density at radius 2 is 2.22 bits per heavy atom. The summed E-state index contributed by atoms with van der Waals surface area (Å²) in [7, 11) is 0. The van der Waals surface area contributed by atoms with Crippen LogP contribution < -0.4 is 5.32 Å². The van der Waals surface area contributed by atoms with Gasteiger partial charge >= 0.3 is 0 Å². The van der Waals surface area contributed by atoms with Crippen molar-refractivity contribution in [1.82, 2.24) is 5.32 Å². The van der Waals surface area contributed by atoms with Gasteiger partial charge in [-0.1, -0.05) is 0 Å². The summed E-state index contributed by atoms with van der Waals surface area (Å²) in [5.74, 6) is -0.442. The maximum absolute atomic E-state index is 11.0. The number of aliphatic hydroxyl groups is 3. The molecule has 0 radical (unpaired) electrons. The molecule has 0 saturated carbocycles. The van der Waals surface area contributed by atoms with Crippen LogP contribution in [0.25, 0.3) is 0 Å².